The molecule has 0 amide bonds. The predicted octanol–water partition coefficient (Wildman–Crippen LogP) is 1.56. The summed E-state index contributed by atoms with van der Waals surface area (Å²) >= 11 is 0. The zero-order chi connectivity index (χ0) is 11.6. The average Bonchev–Trinajstić information content (AvgIpc) is 2.69. The van der Waals surface area contributed by atoms with E-state index in [1.165, 1.54) is 35.4 Å². The summed E-state index contributed by atoms with van der Waals surface area (Å²) in [6.07, 6.45) is -3.47. The molecule has 0 unspecified atom stereocenters. The number of aromatic nitrogens is 4. The predicted molar refractivity (Wildman–Crippen MR) is 45.8 cm³/mol. The van der Waals surface area contributed by atoms with Crippen molar-refractivity contribution in [1.29, 1.82) is 0 Å². The minimum absolute atomic E-state index is 0.295. The molecule has 0 aliphatic carbocycles. The fourth-order valence-corrected chi connectivity index (χ4v) is 1.07. The molecule has 16 heavy (non-hydrogen) atoms. The van der Waals surface area contributed by atoms with Crippen molar-refractivity contribution in [3.8, 4) is 11.4 Å². The van der Waals surface area contributed by atoms with Gasteiger partial charge < -0.3 is 4.74 Å². The standard InChI is InChI=1S/C8H5F3N4O/c9-8(10,11)16-7-3-1-6(2-4-7)15-13-5-12-14-15/h1-5H. The lowest BCUT2D eigenvalue weighted by Crippen LogP contribution is -2.17. The molecule has 0 bridgehead atoms. The highest BCUT2D eigenvalue weighted by Crippen LogP contribution is 2.23. The monoisotopic (exact) mass is 230 g/mol. The lowest BCUT2D eigenvalue weighted by molar-refractivity contribution is -0.274. The zero-order valence-corrected chi connectivity index (χ0v) is 7.72. The summed E-state index contributed by atoms with van der Waals surface area (Å²) in [5, 5.41) is 10.8. The Morgan fingerprint density at radius 2 is 1.81 bits per heavy atom. The van der Waals surface area contributed by atoms with E-state index >= 15 is 0 Å². The summed E-state index contributed by atoms with van der Waals surface area (Å²) in [5.41, 5.74) is 0.493. The first-order valence-corrected chi connectivity index (χ1v) is 4.14. The van der Waals surface area contributed by atoms with Crippen molar-refractivity contribution in [2.75, 3.05) is 0 Å². The lowest BCUT2D eigenvalue weighted by atomic mass is 10.3. The number of nitrogens with zero attached hydrogens (tertiary/aromatic N) is 4. The highest BCUT2D eigenvalue weighted by molar-refractivity contribution is 5.35. The van der Waals surface area contributed by atoms with Crippen LogP contribution in [0.4, 0.5) is 13.2 Å². The van der Waals surface area contributed by atoms with Crippen molar-refractivity contribution in [2.24, 2.45) is 0 Å². The molecule has 5 nitrogen and oxygen atoms in total. The van der Waals surface area contributed by atoms with Crippen molar-refractivity contribution in [2.45, 2.75) is 6.36 Å². The number of hydrogen-bond donors (Lipinski definition) is 0. The van der Waals surface area contributed by atoms with Gasteiger partial charge in [-0.3, -0.25) is 0 Å². The Morgan fingerprint density at radius 3 is 2.31 bits per heavy atom. The van der Waals surface area contributed by atoms with Crippen LogP contribution in [0.5, 0.6) is 5.75 Å². The maximum absolute atomic E-state index is 11.9. The van der Waals surface area contributed by atoms with Crippen LogP contribution in [0.2, 0.25) is 0 Å². The van der Waals surface area contributed by atoms with E-state index < -0.39 is 6.36 Å². The van der Waals surface area contributed by atoms with Crippen molar-refractivity contribution in [3.05, 3.63) is 30.6 Å². The molecular formula is C8H5F3N4O. The zero-order valence-electron chi connectivity index (χ0n) is 7.72. The fourth-order valence-electron chi connectivity index (χ4n) is 1.07. The summed E-state index contributed by atoms with van der Waals surface area (Å²) in [6.45, 7) is 0. The number of hydrogen-bond acceptors (Lipinski definition) is 4. The molecule has 0 radical (unpaired) electrons. The summed E-state index contributed by atoms with van der Waals surface area (Å²) in [5.74, 6) is -0.295. The van der Waals surface area contributed by atoms with Crippen molar-refractivity contribution in [3.63, 3.8) is 0 Å². The molecule has 2 rings (SSSR count). The van der Waals surface area contributed by atoms with Gasteiger partial charge >= 0.3 is 6.36 Å². The van der Waals surface area contributed by atoms with Crippen LogP contribution in [-0.4, -0.2) is 26.6 Å². The molecule has 2 aromatic rings. The van der Waals surface area contributed by atoms with Crippen LogP contribution < -0.4 is 4.74 Å². The maximum atomic E-state index is 11.9. The fraction of sp³-hybridized carbons (Fsp3) is 0.125. The second kappa shape index (κ2) is 3.80. The van der Waals surface area contributed by atoms with Crippen molar-refractivity contribution >= 4 is 0 Å². The van der Waals surface area contributed by atoms with Gasteiger partial charge in [-0.2, -0.15) is 0 Å². The van der Waals surface area contributed by atoms with Crippen molar-refractivity contribution in [1.82, 2.24) is 20.2 Å². The van der Waals surface area contributed by atoms with E-state index in [-0.39, 0.29) is 5.75 Å². The molecule has 0 N–H and O–H groups in total. The van der Waals surface area contributed by atoms with Gasteiger partial charge in [0.25, 0.3) is 0 Å². The van der Waals surface area contributed by atoms with Crippen LogP contribution in [0, 0.1) is 0 Å². The van der Waals surface area contributed by atoms with Gasteiger partial charge in [-0.15, -0.1) is 28.2 Å². The van der Waals surface area contributed by atoms with Gasteiger partial charge in [-0.05, 0) is 29.5 Å². The second-order valence-electron chi connectivity index (χ2n) is 2.77. The van der Waals surface area contributed by atoms with Crippen LogP contribution >= 0.6 is 0 Å². The molecule has 1 aromatic carbocycles. The third-order valence-corrected chi connectivity index (χ3v) is 1.65. The lowest BCUT2D eigenvalue weighted by Gasteiger charge is -2.08. The molecular weight excluding hydrogens is 225 g/mol. The molecule has 1 heterocycles. The molecule has 0 fully saturated rings. The van der Waals surface area contributed by atoms with E-state index in [2.05, 4.69) is 20.1 Å². The number of rotatable bonds is 2. The topological polar surface area (TPSA) is 52.8 Å². The molecule has 8 heteroatoms. The van der Waals surface area contributed by atoms with E-state index in [4.69, 9.17) is 0 Å². The number of tetrazole rings is 1. The quantitative estimate of drug-likeness (QED) is 0.785. The highest BCUT2D eigenvalue weighted by atomic mass is 19.4. The Bertz CT molecular complexity index is 451. The highest BCUT2D eigenvalue weighted by Gasteiger charge is 2.30. The third kappa shape index (κ3) is 2.47. The number of alkyl halides is 3. The molecule has 0 aliphatic rings. The first-order valence-electron chi connectivity index (χ1n) is 4.14. The van der Waals surface area contributed by atoms with Gasteiger partial charge in [0.05, 0.1) is 5.69 Å². The normalized spacial score (nSPS) is 11.4. The van der Waals surface area contributed by atoms with Crippen LogP contribution in [0.3, 0.4) is 0 Å². The van der Waals surface area contributed by atoms with Crippen molar-refractivity contribution < 1.29 is 17.9 Å². The number of benzene rings is 1. The van der Waals surface area contributed by atoms with Gasteiger partial charge in [0.2, 0.25) is 0 Å². The molecule has 0 spiro atoms. The minimum Gasteiger partial charge on any atom is -0.406 e. The van der Waals surface area contributed by atoms with E-state index in [0.29, 0.717) is 5.69 Å². The first-order chi connectivity index (χ1) is 7.54. The first kappa shape index (κ1) is 10.4. The summed E-state index contributed by atoms with van der Waals surface area (Å²) in [7, 11) is 0. The molecule has 1 aromatic heterocycles. The maximum Gasteiger partial charge on any atom is 0.573 e. The van der Waals surface area contributed by atoms with Crippen LogP contribution in [0.1, 0.15) is 0 Å². The summed E-state index contributed by atoms with van der Waals surface area (Å²) < 4.78 is 39.3. The van der Waals surface area contributed by atoms with Gasteiger partial charge in [-0.25, -0.2) is 0 Å². The van der Waals surface area contributed by atoms with E-state index in [0.717, 1.165) is 0 Å². The number of halogens is 3. The van der Waals surface area contributed by atoms with Crippen LogP contribution in [0.25, 0.3) is 5.69 Å². The Morgan fingerprint density at radius 1 is 1.12 bits per heavy atom. The molecule has 0 saturated heterocycles. The molecule has 0 saturated carbocycles. The van der Waals surface area contributed by atoms with Gasteiger partial charge in [0.15, 0.2) is 6.33 Å². The average molecular weight is 230 g/mol. The van der Waals surface area contributed by atoms with Crippen LogP contribution in [0.15, 0.2) is 30.6 Å². The van der Waals surface area contributed by atoms with Gasteiger partial charge in [-0.1, -0.05) is 0 Å². The minimum atomic E-state index is -4.69. The van der Waals surface area contributed by atoms with E-state index in [1.54, 1.807) is 0 Å². The Balaban J connectivity index is 2.17. The van der Waals surface area contributed by atoms with Gasteiger partial charge in [0.1, 0.15) is 5.75 Å². The van der Waals surface area contributed by atoms with E-state index in [1.807, 2.05) is 0 Å². The van der Waals surface area contributed by atoms with E-state index in [9.17, 15) is 13.2 Å². The Kier molecular flexibility index (Phi) is 2.47. The molecule has 0 aliphatic heterocycles. The summed E-state index contributed by atoms with van der Waals surface area (Å²) in [6, 6.07) is 5.13. The summed E-state index contributed by atoms with van der Waals surface area (Å²) in [4.78, 5) is 1.18. The Hall–Kier alpha value is -2.12. The largest absolute Gasteiger partial charge is 0.573 e. The second-order valence-corrected chi connectivity index (χ2v) is 2.77. The molecule has 0 atom stereocenters. The molecule has 84 valence electrons. The number of ether oxygens (including phenoxy) is 1. The SMILES string of the molecule is FC(F)(F)Oc1ccc(-n2ncnn2)cc1. The van der Waals surface area contributed by atoms with Crippen LogP contribution in [-0.2, 0) is 0 Å². The van der Waals surface area contributed by atoms with Gasteiger partial charge in [0, 0.05) is 0 Å². The Labute approximate surface area is 87.4 Å². The smallest absolute Gasteiger partial charge is 0.406 e. The third-order valence-electron chi connectivity index (χ3n) is 1.65.